The maximum atomic E-state index is 14.5. The van der Waals surface area contributed by atoms with Gasteiger partial charge in [-0.15, -0.1) is 0 Å². The van der Waals surface area contributed by atoms with Gasteiger partial charge in [-0.1, -0.05) is 36.4 Å². The molecule has 2 aliphatic heterocycles. The molecule has 2 aliphatic rings. The summed E-state index contributed by atoms with van der Waals surface area (Å²) in [6.45, 7) is 3.24. The van der Waals surface area contributed by atoms with Gasteiger partial charge in [0.05, 0.1) is 7.11 Å². The number of piperidine rings is 1. The van der Waals surface area contributed by atoms with Crippen molar-refractivity contribution < 1.29 is 27.9 Å². The van der Waals surface area contributed by atoms with Crippen LogP contribution in [0.15, 0.2) is 42.5 Å². The maximum Gasteiger partial charge on any atom is 0.328 e. The summed E-state index contributed by atoms with van der Waals surface area (Å²) in [5, 5.41) is 2.81. The van der Waals surface area contributed by atoms with Gasteiger partial charge in [-0.25, -0.2) is 18.4 Å². The number of hydrogen-bond acceptors (Lipinski definition) is 4. The fourth-order valence-corrected chi connectivity index (χ4v) is 5.14. The number of carbonyl (C=O) groups excluding carboxylic acids is 3. The molecule has 4 rings (SSSR count). The van der Waals surface area contributed by atoms with Gasteiger partial charge in [0.1, 0.15) is 23.2 Å². The van der Waals surface area contributed by atoms with Crippen LogP contribution in [0.25, 0.3) is 0 Å². The van der Waals surface area contributed by atoms with Gasteiger partial charge in [0.25, 0.3) is 5.91 Å². The molecular weight excluding hydrogens is 468 g/mol. The topological polar surface area (TPSA) is 79.0 Å². The highest BCUT2D eigenvalue weighted by Gasteiger charge is 2.43. The number of benzene rings is 2. The minimum atomic E-state index is -0.859. The van der Waals surface area contributed by atoms with Crippen molar-refractivity contribution in [1.29, 1.82) is 0 Å². The first-order chi connectivity index (χ1) is 17.2. The van der Waals surface area contributed by atoms with Crippen molar-refractivity contribution in [3.05, 3.63) is 70.8 Å². The third-order valence-corrected chi connectivity index (χ3v) is 7.40. The highest BCUT2D eigenvalue weighted by atomic mass is 19.1. The summed E-state index contributed by atoms with van der Waals surface area (Å²) in [6.07, 6.45) is 2.34. The van der Waals surface area contributed by atoms with Gasteiger partial charge >= 0.3 is 12.0 Å². The number of urea groups is 1. The molecule has 2 heterocycles. The lowest BCUT2D eigenvalue weighted by Gasteiger charge is -2.39. The van der Waals surface area contributed by atoms with Crippen LogP contribution in [0.2, 0.25) is 0 Å². The first kappa shape index (κ1) is 25.6. The van der Waals surface area contributed by atoms with Crippen LogP contribution >= 0.6 is 0 Å². The standard InChI is InChI=1S/C27H31F2N3O4/c1-18-8-9-20(28)22(23(18)29)24(33)31-13-10-27(11-14-31)12-15-32(17-27)26(35)30-21(25(34)36-2)16-19-6-4-3-5-7-19/h3-9,21H,10-17H2,1-2H3,(H,30,35)/t21-/m0/s1. The molecule has 0 radical (unpaired) electrons. The van der Waals surface area contributed by atoms with E-state index in [9.17, 15) is 23.2 Å². The molecule has 0 aliphatic carbocycles. The number of ether oxygens (including phenoxy) is 1. The molecule has 36 heavy (non-hydrogen) atoms. The van der Waals surface area contributed by atoms with Crippen molar-refractivity contribution in [2.45, 2.75) is 38.6 Å². The number of esters is 1. The van der Waals surface area contributed by atoms with E-state index in [0.717, 1.165) is 18.1 Å². The summed E-state index contributed by atoms with van der Waals surface area (Å²) in [4.78, 5) is 41.4. The summed E-state index contributed by atoms with van der Waals surface area (Å²) in [7, 11) is 1.29. The molecule has 2 aromatic carbocycles. The lowest BCUT2D eigenvalue weighted by atomic mass is 9.77. The van der Waals surface area contributed by atoms with Crippen LogP contribution in [-0.4, -0.2) is 67.0 Å². The summed E-state index contributed by atoms with van der Waals surface area (Å²) in [6, 6.07) is 10.7. The zero-order valence-electron chi connectivity index (χ0n) is 20.6. The first-order valence-electron chi connectivity index (χ1n) is 12.1. The van der Waals surface area contributed by atoms with Gasteiger partial charge in [0, 0.05) is 32.6 Å². The van der Waals surface area contributed by atoms with Gasteiger partial charge in [0.15, 0.2) is 0 Å². The number of nitrogens with one attached hydrogen (secondary N) is 1. The molecule has 1 spiro atoms. The highest BCUT2D eigenvalue weighted by Crippen LogP contribution is 2.40. The minimum absolute atomic E-state index is 0.169. The summed E-state index contributed by atoms with van der Waals surface area (Å²) >= 11 is 0. The normalized spacial score (nSPS) is 17.7. The van der Waals surface area contributed by atoms with Gasteiger partial charge in [0.2, 0.25) is 0 Å². The van der Waals surface area contributed by atoms with Gasteiger partial charge in [-0.05, 0) is 48.8 Å². The Labute approximate surface area is 209 Å². The predicted molar refractivity (Wildman–Crippen MR) is 129 cm³/mol. The van der Waals surface area contributed by atoms with E-state index in [2.05, 4.69) is 5.32 Å². The van der Waals surface area contributed by atoms with Crippen LogP contribution in [0, 0.1) is 24.0 Å². The van der Waals surface area contributed by atoms with Gasteiger partial charge in [-0.2, -0.15) is 0 Å². The monoisotopic (exact) mass is 499 g/mol. The number of halogens is 2. The Hall–Kier alpha value is -3.49. The van der Waals surface area contributed by atoms with Crippen LogP contribution in [0.1, 0.15) is 40.7 Å². The lowest BCUT2D eigenvalue weighted by Crippen LogP contribution is -2.50. The van der Waals surface area contributed by atoms with E-state index in [1.165, 1.54) is 25.0 Å². The van der Waals surface area contributed by atoms with E-state index >= 15 is 0 Å². The van der Waals surface area contributed by atoms with Crippen molar-refractivity contribution in [3.8, 4) is 0 Å². The number of hydrogen-bond donors (Lipinski definition) is 1. The van der Waals surface area contributed by atoms with E-state index in [1.807, 2.05) is 30.3 Å². The average Bonchev–Trinajstić information content (AvgIpc) is 3.30. The lowest BCUT2D eigenvalue weighted by molar-refractivity contribution is -0.142. The van der Waals surface area contributed by atoms with Crippen LogP contribution in [0.5, 0.6) is 0 Å². The van der Waals surface area contributed by atoms with Gasteiger partial charge < -0.3 is 19.9 Å². The van der Waals surface area contributed by atoms with Crippen molar-refractivity contribution in [3.63, 3.8) is 0 Å². The predicted octanol–water partition coefficient (Wildman–Crippen LogP) is 3.70. The smallest absolute Gasteiger partial charge is 0.328 e. The Bertz CT molecular complexity index is 1130. The molecule has 2 aromatic rings. The Morgan fingerprint density at radius 3 is 2.28 bits per heavy atom. The quantitative estimate of drug-likeness (QED) is 0.637. The fraction of sp³-hybridized carbons (Fsp3) is 0.444. The largest absolute Gasteiger partial charge is 0.467 e. The highest BCUT2D eigenvalue weighted by molar-refractivity contribution is 5.95. The van der Waals surface area contributed by atoms with Crippen LogP contribution in [-0.2, 0) is 16.0 Å². The zero-order chi connectivity index (χ0) is 25.9. The minimum Gasteiger partial charge on any atom is -0.467 e. The van der Waals surface area contributed by atoms with Gasteiger partial charge in [-0.3, -0.25) is 4.79 Å². The molecule has 7 nitrogen and oxygen atoms in total. The van der Waals surface area contributed by atoms with Crippen molar-refractivity contribution in [2.75, 3.05) is 33.3 Å². The third kappa shape index (κ3) is 5.34. The number of amides is 3. The molecule has 192 valence electrons. The van der Waals surface area contributed by atoms with E-state index < -0.39 is 35.1 Å². The second kappa shape index (κ2) is 10.6. The second-order valence-electron chi connectivity index (χ2n) is 9.73. The molecule has 0 unspecified atom stereocenters. The zero-order valence-corrected chi connectivity index (χ0v) is 20.6. The molecule has 3 amide bonds. The van der Waals surface area contributed by atoms with Crippen LogP contribution in [0.4, 0.5) is 13.6 Å². The molecule has 0 aromatic heterocycles. The summed E-state index contributed by atoms with van der Waals surface area (Å²) in [5.74, 6) is -2.83. The summed E-state index contributed by atoms with van der Waals surface area (Å²) < 4.78 is 33.6. The Morgan fingerprint density at radius 1 is 1.00 bits per heavy atom. The van der Waals surface area contributed by atoms with Crippen molar-refractivity contribution in [1.82, 2.24) is 15.1 Å². The van der Waals surface area contributed by atoms with E-state index in [4.69, 9.17) is 4.74 Å². The van der Waals surface area contributed by atoms with E-state index in [-0.39, 0.29) is 17.0 Å². The van der Waals surface area contributed by atoms with Crippen LogP contribution in [0.3, 0.4) is 0 Å². The molecule has 2 saturated heterocycles. The molecule has 1 N–H and O–H groups in total. The molecule has 9 heteroatoms. The SMILES string of the molecule is COC(=O)[C@H](Cc1ccccc1)NC(=O)N1CCC2(CCN(C(=O)c3c(F)ccc(C)c3F)CC2)C1. The number of nitrogens with zero attached hydrogens (tertiary/aromatic N) is 2. The van der Waals surface area contributed by atoms with E-state index in [0.29, 0.717) is 45.4 Å². The number of methoxy groups -OCH3 is 1. The fourth-order valence-electron chi connectivity index (χ4n) is 5.14. The second-order valence-corrected chi connectivity index (χ2v) is 9.73. The Kier molecular flexibility index (Phi) is 7.56. The molecule has 0 saturated carbocycles. The van der Waals surface area contributed by atoms with Crippen molar-refractivity contribution in [2.24, 2.45) is 5.41 Å². The van der Waals surface area contributed by atoms with E-state index in [1.54, 1.807) is 4.90 Å². The summed E-state index contributed by atoms with van der Waals surface area (Å²) in [5.41, 5.74) is 0.455. The van der Waals surface area contributed by atoms with Crippen molar-refractivity contribution >= 4 is 17.9 Å². The molecule has 2 fully saturated rings. The number of likely N-dealkylation sites (tertiary alicyclic amines) is 2. The third-order valence-electron chi connectivity index (χ3n) is 7.40. The number of rotatable bonds is 5. The number of carbonyl (C=O) groups is 3. The first-order valence-corrected chi connectivity index (χ1v) is 12.1. The Balaban J connectivity index is 1.36. The molecule has 1 atom stereocenters. The maximum absolute atomic E-state index is 14.5. The molecular formula is C27H31F2N3O4. The number of aryl methyl sites for hydroxylation is 1. The molecule has 0 bridgehead atoms. The van der Waals surface area contributed by atoms with Crippen LogP contribution < -0.4 is 5.32 Å². The Morgan fingerprint density at radius 2 is 1.64 bits per heavy atom. The average molecular weight is 500 g/mol.